The third-order valence-corrected chi connectivity index (χ3v) is 3.04. The van der Waals surface area contributed by atoms with Crippen LogP contribution in [-0.4, -0.2) is 5.78 Å². The molecule has 0 spiro atoms. The van der Waals surface area contributed by atoms with Crippen LogP contribution in [0.15, 0.2) is 0 Å². The summed E-state index contributed by atoms with van der Waals surface area (Å²) in [5.41, 5.74) is 0.106. The van der Waals surface area contributed by atoms with E-state index in [-0.39, 0.29) is 5.41 Å². The van der Waals surface area contributed by atoms with Crippen molar-refractivity contribution in [3.8, 4) is 0 Å². The summed E-state index contributed by atoms with van der Waals surface area (Å²) in [4.78, 5) is 11.4. The molecule has 0 amide bonds. The molecular formula is C10H18O. The van der Waals surface area contributed by atoms with Crippen LogP contribution in [0, 0.1) is 5.41 Å². The summed E-state index contributed by atoms with van der Waals surface area (Å²) in [5.74, 6) is 0.428. The first-order valence-electron chi connectivity index (χ1n) is 4.72. The molecule has 0 aromatic rings. The predicted molar refractivity (Wildman–Crippen MR) is 46.5 cm³/mol. The molecule has 1 fully saturated rings. The zero-order valence-electron chi connectivity index (χ0n) is 7.65. The van der Waals surface area contributed by atoms with E-state index >= 15 is 0 Å². The van der Waals surface area contributed by atoms with Gasteiger partial charge < -0.3 is 0 Å². The Hall–Kier alpha value is -0.330. The van der Waals surface area contributed by atoms with E-state index in [4.69, 9.17) is 0 Å². The van der Waals surface area contributed by atoms with E-state index in [0.717, 1.165) is 25.7 Å². The van der Waals surface area contributed by atoms with Crippen LogP contribution >= 0.6 is 0 Å². The van der Waals surface area contributed by atoms with Gasteiger partial charge in [0.05, 0.1) is 0 Å². The van der Waals surface area contributed by atoms with Gasteiger partial charge in [-0.25, -0.2) is 0 Å². The Morgan fingerprint density at radius 1 is 1.36 bits per heavy atom. The summed E-state index contributed by atoms with van der Waals surface area (Å²) in [6.07, 6.45) is 7.09. The van der Waals surface area contributed by atoms with Gasteiger partial charge in [0, 0.05) is 5.41 Å². The van der Waals surface area contributed by atoms with Crippen molar-refractivity contribution in [1.29, 1.82) is 0 Å². The average molecular weight is 154 g/mol. The van der Waals surface area contributed by atoms with Gasteiger partial charge in [-0.15, -0.1) is 0 Å². The number of carbonyl (C=O) groups excluding carboxylic acids is 1. The fourth-order valence-corrected chi connectivity index (χ4v) is 2.31. The second-order valence-electron chi connectivity index (χ2n) is 3.79. The highest BCUT2D eigenvalue weighted by molar-refractivity contribution is 5.82. The van der Waals surface area contributed by atoms with E-state index in [1.807, 2.05) is 0 Å². The minimum Gasteiger partial charge on any atom is -0.299 e. The van der Waals surface area contributed by atoms with E-state index in [9.17, 15) is 4.79 Å². The Labute approximate surface area is 69.2 Å². The quantitative estimate of drug-likeness (QED) is 0.611. The molecule has 0 aromatic heterocycles. The minimum absolute atomic E-state index is 0.106. The van der Waals surface area contributed by atoms with Crippen molar-refractivity contribution in [3.63, 3.8) is 0 Å². The van der Waals surface area contributed by atoms with Crippen molar-refractivity contribution in [2.75, 3.05) is 0 Å². The SMILES string of the molecule is CCCC1(C(C)=O)CCCC1. The molecule has 1 aliphatic rings. The summed E-state index contributed by atoms with van der Waals surface area (Å²) in [5, 5.41) is 0. The number of carbonyl (C=O) groups is 1. The van der Waals surface area contributed by atoms with Crippen LogP contribution in [0.4, 0.5) is 0 Å². The molecule has 1 saturated carbocycles. The first-order chi connectivity index (χ1) is 5.21. The lowest BCUT2D eigenvalue weighted by Crippen LogP contribution is -2.25. The van der Waals surface area contributed by atoms with Crippen LogP contribution in [0.5, 0.6) is 0 Å². The summed E-state index contributed by atoms with van der Waals surface area (Å²) in [6.45, 7) is 3.93. The highest BCUT2D eigenvalue weighted by atomic mass is 16.1. The number of rotatable bonds is 3. The van der Waals surface area contributed by atoms with Crippen molar-refractivity contribution in [2.24, 2.45) is 5.41 Å². The predicted octanol–water partition coefficient (Wildman–Crippen LogP) is 2.94. The van der Waals surface area contributed by atoms with Crippen LogP contribution in [0.2, 0.25) is 0 Å². The van der Waals surface area contributed by atoms with Crippen LogP contribution in [-0.2, 0) is 4.79 Å². The number of ketones is 1. The van der Waals surface area contributed by atoms with Gasteiger partial charge in [-0.05, 0) is 26.2 Å². The fraction of sp³-hybridized carbons (Fsp3) is 0.900. The van der Waals surface area contributed by atoms with Crippen molar-refractivity contribution >= 4 is 5.78 Å². The maximum atomic E-state index is 11.4. The van der Waals surface area contributed by atoms with Crippen molar-refractivity contribution in [3.05, 3.63) is 0 Å². The fourth-order valence-electron chi connectivity index (χ4n) is 2.31. The molecule has 0 radical (unpaired) electrons. The van der Waals surface area contributed by atoms with Crippen molar-refractivity contribution < 1.29 is 4.79 Å². The van der Waals surface area contributed by atoms with Gasteiger partial charge in [0.15, 0.2) is 0 Å². The van der Waals surface area contributed by atoms with Crippen molar-refractivity contribution in [2.45, 2.75) is 52.4 Å². The Balaban J connectivity index is 2.62. The lowest BCUT2D eigenvalue weighted by atomic mass is 9.78. The largest absolute Gasteiger partial charge is 0.299 e. The molecule has 1 aliphatic carbocycles. The second-order valence-corrected chi connectivity index (χ2v) is 3.79. The Morgan fingerprint density at radius 3 is 2.27 bits per heavy atom. The lowest BCUT2D eigenvalue weighted by Gasteiger charge is -2.24. The second kappa shape index (κ2) is 3.38. The molecule has 1 heteroatoms. The zero-order valence-corrected chi connectivity index (χ0v) is 7.65. The first kappa shape index (κ1) is 8.76. The van der Waals surface area contributed by atoms with Gasteiger partial charge in [-0.1, -0.05) is 26.2 Å². The first-order valence-corrected chi connectivity index (χ1v) is 4.72. The monoisotopic (exact) mass is 154 g/mol. The van der Waals surface area contributed by atoms with Crippen LogP contribution < -0.4 is 0 Å². The van der Waals surface area contributed by atoms with Gasteiger partial charge in [-0.2, -0.15) is 0 Å². The molecule has 64 valence electrons. The van der Waals surface area contributed by atoms with E-state index in [2.05, 4.69) is 6.92 Å². The number of hydrogen-bond acceptors (Lipinski definition) is 1. The van der Waals surface area contributed by atoms with E-state index in [1.165, 1.54) is 12.8 Å². The third-order valence-electron chi connectivity index (χ3n) is 3.04. The third kappa shape index (κ3) is 1.63. The highest BCUT2D eigenvalue weighted by Gasteiger charge is 2.36. The molecule has 0 bridgehead atoms. The summed E-state index contributed by atoms with van der Waals surface area (Å²) in [6, 6.07) is 0. The standard InChI is InChI=1S/C10H18O/c1-3-6-10(9(2)11)7-4-5-8-10/h3-8H2,1-2H3. The molecule has 11 heavy (non-hydrogen) atoms. The van der Waals surface area contributed by atoms with E-state index < -0.39 is 0 Å². The molecule has 0 N–H and O–H groups in total. The number of Topliss-reactive ketones (excluding diaryl/α,β-unsaturated/α-hetero) is 1. The smallest absolute Gasteiger partial charge is 0.135 e. The molecule has 0 heterocycles. The zero-order chi connectivity index (χ0) is 8.32. The molecule has 0 aliphatic heterocycles. The maximum Gasteiger partial charge on any atom is 0.135 e. The van der Waals surface area contributed by atoms with Crippen LogP contribution in [0.1, 0.15) is 52.4 Å². The normalized spacial score (nSPS) is 22.0. The molecule has 1 rings (SSSR count). The Bertz CT molecular complexity index is 143. The Kier molecular flexibility index (Phi) is 2.69. The van der Waals surface area contributed by atoms with E-state index in [0.29, 0.717) is 5.78 Å². The van der Waals surface area contributed by atoms with Gasteiger partial charge in [0.1, 0.15) is 5.78 Å². The topological polar surface area (TPSA) is 17.1 Å². The lowest BCUT2D eigenvalue weighted by molar-refractivity contribution is -0.126. The van der Waals surface area contributed by atoms with Gasteiger partial charge >= 0.3 is 0 Å². The summed E-state index contributed by atoms with van der Waals surface area (Å²) < 4.78 is 0. The maximum absolute atomic E-state index is 11.4. The van der Waals surface area contributed by atoms with Crippen LogP contribution in [0.25, 0.3) is 0 Å². The summed E-state index contributed by atoms with van der Waals surface area (Å²) in [7, 11) is 0. The molecule has 0 saturated heterocycles. The molecular weight excluding hydrogens is 136 g/mol. The number of hydrogen-bond donors (Lipinski definition) is 0. The molecule has 1 nitrogen and oxygen atoms in total. The van der Waals surface area contributed by atoms with Crippen LogP contribution in [0.3, 0.4) is 0 Å². The molecule has 0 unspecified atom stereocenters. The minimum atomic E-state index is 0.106. The van der Waals surface area contributed by atoms with Gasteiger partial charge in [0.2, 0.25) is 0 Å². The average Bonchev–Trinajstić information content (AvgIpc) is 2.38. The Morgan fingerprint density at radius 2 is 1.91 bits per heavy atom. The molecule has 0 aromatic carbocycles. The van der Waals surface area contributed by atoms with E-state index in [1.54, 1.807) is 6.92 Å². The van der Waals surface area contributed by atoms with Gasteiger partial charge in [-0.3, -0.25) is 4.79 Å². The summed E-state index contributed by atoms with van der Waals surface area (Å²) >= 11 is 0. The van der Waals surface area contributed by atoms with Crippen molar-refractivity contribution in [1.82, 2.24) is 0 Å². The van der Waals surface area contributed by atoms with Gasteiger partial charge in [0.25, 0.3) is 0 Å². The molecule has 0 atom stereocenters. The highest BCUT2D eigenvalue weighted by Crippen LogP contribution is 2.42.